The van der Waals surface area contributed by atoms with E-state index in [0.29, 0.717) is 6.61 Å². The number of methoxy groups -OCH3 is 1. The van der Waals surface area contributed by atoms with Crippen LogP contribution in [0.3, 0.4) is 0 Å². The first-order valence-electron chi connectivity index (χ1n) is 5.37. The van der Waals surface area contributed by atoms with Gasteiger partial charge in [0.1, 0.15) is 5.82 Å². The summed E-state index contributed by atoms with van der Waals surface area (Å²) in [5, 5.41) is 3.23. The van der Waals surface area contributed by atoms with Gasteiger partial charge in [-0.25, -0.2) is 4.39 Å². The van der Waals surface area contributed by atoms with E-state index in [1.54, 1.807) is 13.2 Å². The molecule has 1 aromatic rings. The number of ether oxygens (including phenoxy) is 1. The second-order valence-corrected chi connectivity index (χ2v) is 4.50. The van der Waals surface area contributed by atoms with Gasteiger partial charge < -0.3 is 10.1 Å². The zero-order valence-corrected chi connectivity index (χ0v) is 11.0. The maximum absolute atomic E-state index is 13.3. The highest BCUT2D eigenvalue weighted by molar-refractivity contribution is 9.10. The lowest BCUT2D eigenvalue weighted by Crippen LogP contribution is -2.20. The maximum atomic E-state index is 13.3. The third-order valence-electron chi connectivity index (χ3n) is 2.29. The molecule has 0 spiro atoms. The molecule has 0 aliphatic rings. The van der Waals surface area contributed by atoms with Crippen LogP contribution in [-0.2, 0) is 11.2 Å². The highest BCUT2D eigenvalue weighted by Crippen LogP contribution is 2.16. The highest BCUT2D eigenvalue weighted by atomic mass is 79.9. The fourth-order valence-electron chi connectivity index (χ4n) is 1.44. The summed E-state index contributed by atoms with van der Waals surface area (Å²) < 4.78 is 19.2. The van der Waals surface area contributed by atoms with Gasteiger partial charge in [0.05, 0.1) is 6.61 Å². The van der Waals surface area contributed by atoms with E-state index in [2.05, 4.69) is 21.2 Å². The Morgan fingerprint density at radius 1 is 1.38 bits per heavy atom. The van der Waals surface area contributed by atoms with Gasteiger partial charge in [0.2, 0.25) is 0 Å². The van der Waals surface area contributed by atoms with Crippen molar-refractivity contribution in [3.05, 3.63) is 34.1 Å². The van der Waals surface area contributed by atoms with E-state index >= 15 is 0 Å². The lowest BCUT2D eigenvalue weighted by molar-refractivity contribution is 0.199. The quantitative estimate of drug-likeness (QED) is 0.780. The monoisotopic (exact) mass is 289 g/mol. The van der Waals surface area contributed by atoms with E-state index in [1.807, 2.05) is 6.07 Å². The minimum atomic E-state index is -0.125. The summed E-state index contributed by atoms with van der Waals surface area (Å²) in [7, 11) is 1.68. The number of benzene rings is 1. The van der Waals surface area contributed by atoms with Crippen LogP contribution in [0, 0.1) is 5.82 Å². The van der Waals surface area contributed by atoms with Crippen LogP contribution < -0.4 is 5.32 Å². The molecule has 4 heteroatoms. The summed E-state index contributed by atoms with van der Waals surface area (Å²) in [4.78, 5) is 0. The molecule has 0 radical (unpaired) electrons. The van der Waals surface area contributed by atoms with Gasteiger partial charge in [-0.2, -0.15) is 0 Å². The Kier molecular flexibility index (Phi) is 6.61. The van der Waals surface area contributed by atoms with Crippen molar-refractivity contribution in [2.45, 2.75) is 12.8 Å². The molecule has 0 unspecified atom stereocenters. The smallest absolute Gasteiger partial charge is 0.126 e. The van der Waals surface area contributed by atoms with E-state index in [4.69, 9.17) is 4.74 Å². The molecule has 90 valence electrons. The first-order valence-corrected chi connectivity index (χ1v) is 6.17. The molecule has 0 heterocycles. The van der Waals surface area contributed by atoms with Crippen LogP contribution in [0.2, 0.25) is 0 Å². The lowest BCUT2D eigenvalue weighted by Gasteiger charge is -2.05. The predicted molar refractivity (Wildman–Crippen MR) is 67.2 cm³/mol. The van der Waals surface area contributed by atoms with Crippen molar-refractivity contribution in [3.8, 4) is 0 Å². The molecule has 0 fully saturated rings. The standard InChI is InChI=1S/C12H17BrFNO/c1-16-8-7-15-6-2-3-10-9-11(13)4-5-12(10)14/h4-5,9,15H,2-3,6-8H2,1H3. The largest absolute Gasteiger partial charge is 0.383 e. The molecular formula is C12H17BrFNO. The van der Waals surface area contributed by atoms with E-state index in [1.165, 1.54) is 6.07 Å². The summed E-state index contributed by atoms with van der Waals surface area (Å²) in [5.74, 6) is -0.125. The lowest BCUT2D eigenvalue weighted by atomic mass is 10.1. The van der Waals surface area contributed by atoms with Gasteiger partial charge in [0.25, 0.3) is 0 Å². The maximum Gasteiger partial charge on any atom is 0.126 e. The minimum Gasteiger partial charge on any atom is -0.383 e. The summed E-state index contributed by atoms with van der Waals surface area (Å²) >= 11 is 3.34. The van der Waals surface area contributed by atoms with Gasteiger partial charge in [-0.3, -0.25) is 0 Å². The number of aryl methyl sites for hydroxylation is 1. The minimum absolute atomic E-state index is 0.125. The molecule has 16 heavy (non-hydrogen) atoms. The molecule has 1 aromatic carbocycles. The van der Waals surface area contributed by atoms with E-state index in [-0.39, 0.29) is 5.82 Å². The number of hydrogen-bond donors (Lipinski definition) is 1. The zero-order chi connectivity index (χ0) is 11.8. The molecule has 0 aliphatic carbocycles. The number of rotatable bonds is 7. The van der Waals surface area contributed by atoms with Crippen LogP contribution >= 0.6 is 15.9 Å². The third-order valence-corrected chi connectivity index (χ3v) is 2.78. The van der Waals surface area contributed by atoms with Gasteiger partial charge in [-0.1, -0.05) is 15.9 Å². The Labute approximate surface area is 104 Å². The Bertz CT molecular complexity index is 320. The molecule has 0 saturated carbocycles. The third kappa shape index (κ3) is 5.05. The average molecular weight is 290 g/mol. The summed E-state index contributed by atoms with van der Waals surface area (Å²) in [6.45, 7) is 2.44. The van der Waals surface area contributed by atoms with Crippen LogP contribution in [0.4, 0.5) is 4.39 Å². The van der Waals surface area contributed by atoms with E-state index in [9.17, 15) is 4.39 Å². The van der Waals surface area contributed by atoms with Crippen molar-refractivity contribution in [2.75, 3.05) is 26.8 Å². The molecular weight excluding hydrogens is 273 g/mol. The summed E-state index contributed by atoms with van der Waals surface area (Å²) in [6.07, 6.45) is 1.68. The fourth-order valence-corrected chi connectivity index (χ4v) is 1.85. The van der Waals surface area contributed by atoms with Crippen molar-refractivity contribution >= 4 is 15.9 Å². The first-order chi connectivity index (χ1) is 7.74. The van der Waals surface area contributed by atoms with Gasteiger partial charge in [-0.15, -0.1) is 0 Å². The van der Waals surface area contributed by atoms with Gasteiger partial charge >= 0.3 is 0 Å². The molecule has 0 aromatic heterocycles. The SMILES string of the molecule is COCCNCCCc1cc(Br)ccc1F. The number of hydrogen-bond acceptors (Lipinski definition) is 2. The Balaban J connectivity index is 2.23. The van der Waals surface area contributed by atoms with Crippen molar-refractivity contribution in [3.63, 3.8) is 0 Å². The molecule has 1 N–H and O–H groups in total. The Morgan fingerprint density at radius 3 is 2.94 bits per heavy atom. The summed E-state index contributed by atoms with van der Waals surface area (Å²) in [6, 6.07) is 5.05. The molecule has 1 rings (SSSR count). The molecule has 2 nitrogen and oxygen atoms in total. The molecule has 0 atom stereocenters. The van der Waals surface area contributed by atoms with Crippen LogP contribution in [0.15, 0.2) is 22.7 Å². The topological polar surface area (TPSA) is 21.3 Å². The van der Waals surface area contributed by atoms with E-state index < -0.39 is 0 Å². The van der Waals surface area contributed by atoms with Crippen molar-refractivity contribution < 1.29 is 9.13 Å². The van der Waals surface area contributed by atoms with Crippen molar-refractivity contribution in [2.24, 2.45) is 0 Å². The van der Waals surface area contributed by atoms with Crippen LogP contribution in [0.1, 0.15) is 12.0 Å². The van der Waals surface area contributed by atoms with Gasteiger partial charge in [0, 0.05) is 18.1 Å². The van der Waals surface area contributed by atoms with Gasteiger partial charge in [-0.05, 0) is 43.1 Å². The second-order valence-electron chi connectivity index (χ2n) is 3.58. The molecule has 0 aliphatic heterocycles. The molecule has 0 amide bonds. The first kappa shape index (κ1) is 13.6. The zero-order valence-electron chi connectivity index (χ0n) is 9.43. The van der Waals surface area contributed by atoms with Crippen LogP contribution in [0.5, 0.6) is 0 Å². The molecule has 0 saturated heterocycles. The Morgan fingerprint density at radius 2 is 2.19 bits per heavy atom. The van der Waals surface area contributed by atoms with Crippen LogP contribution in [-0.4, -0.2) is 26.8 Å². The average Bonchev–Trinajstić information content (AvgIpc) is 2.28. The summed E-state index contributed by atoms with van der Waals surface area (Å²) in [5.41, 5.74) is 0.767. The van der Waals surface area contributed by atoms with Crippen LogP contribution in [0.25, 0.3) is 0 Å². The molecule has 0 bridgehead atoms. The fraction of sp³-hybridized carbons (Fsp3) is 0.500. The normalized spacial score (nSPS) is 10.7. The predicted octanol–water partition coefficient (Wildman–Crippen LogP) is 2.76. The van der Waals surface area contributed by atoms with Gasteiger partial charge in [0.15, 0.2) is 0 Å². The van der Waals surface area contributed by atoms with Crippen molar-refractivity contribution in [1.29, 1.82) is 0 Å². The second kappa shape index (κ2) is 7.76. The Hall–Kier alpha value is -0.450. The number of nitrogens with one attached hydrogen (secondary N) is 1. The highest BCUT2D eigenvalue weighted by Gasteiger charge is 2.02. The van der Waals surface area contributed by atoms with E-state index in [0.717, 1.165) is 36.0 Å². The number of halogens is 2. The van der Waals surface area contributed by atoms with Crippen molar-refractivity contribution in [1.82, 2.24) is 5.32 Å².